The summed E-state index contributed by atoms with van der Waals surface area (Å²) < 4.78 is 1.65. The fraction of sp³-hybridized carbons (Fsp3) is 0.222. The van der Waals surface area contributed by atoms with Crippen molar-refractivity contribution < 1.29 is 4.79 Å². The number of hydrogen-bond acceptors (Lipinski definition) is 4. The Morgan fingerprint density at radius 3 is 2.36 bits per heavy atom. The molecular formula is C27H25N3O2S. The van der Waals surface area contributed by atoms with Crippen molar-refractivity contribution in [2.75, 3.05) is 0 Å². The minimum Gasteiger partial charge on any atom is -0.352 e. The van der Waals surface area contributed by atoms with E-state index in [1.165, 1.54) is 11.8 Å². The summed E-state index contributed by atoms with van der Waals surface area (Å²) in [5.41, 5.74) is 4.25. The summed E-state index contributed by atoms with van der Waals surface area (Å²) in [7, 11) is 0. The molecule has 5 rings (SSSR count). The maximum Gasteiger partial charge on any atom is 0.266 e. The summed E-state index contributed by atoms with van der Waals surface area (Å²) in [6, 6.07) is 23.3. The predicted octanol–water partition coefficient (Wildman–Crippen LogP) is 5.11. The van der Waals surface area contributed by atoms with Gasteiger partial charge in [0.15, 0.2) is 5.16 Å². The molecule has 33 heavy (non-hydrogen) atoms. The molecule has 0 saturated heterocycles. The van der Waals surface area contributed by atoms with Gasteiger partial charge in [-0.2, -0.15) is 0 Å². The van der Waals surface area contributed by atoms with Gasteiger partial charge in [0.2, 0.25) is 5.91 Å². The average Bonchev–Trinajstić information content (AvgIpc) is 3.61. The van der Waals surface area contributed by atoms with E-state index in [2.05, 4.69) is 11.4 Å². The molecule has 1 unspecified atom stereocenters. The lowest BCUT2D eigenvalue weighted by Gasteiger charge is -2.20. The molecule has 1 atom stereocenters. The summed E-state index contributed by atoms with van der Waals surface area (Å²) >= 11 is 1.32. The molecule has 0 bridgehead atoms. The van der Waals surface area contributed by atoms with Crippen molar-refractivity contribution in [2.24, 2.45) is 0 Å². The van der Waals surface area contributed by atoms with E-state index in [0.717, 1.165) is 35.2 Å². The van der Waals surface area contributed by atoms with Gasteiger partial charge in [0, 0.05) is 6.04 Å². The monoisotopic (exact) mass is 455 g/mol. The molecule has 0 spiro atoms. The first-order chi connectivity index (χ1) is 16.0. The minimum atomic E-state index is -0.517. The molecule has 1 saturated carbocycles. The molecule has 1 aliphatic carbocycles. The minimum absolute atomic E-state index is 0.0527. The summed E-state index contributed by atoms with van der Waals surface area (Å²) in [5, 5.41) is 3.67. The van der Waals surface area contributed by atoms with E-state index >= 15 is 0 Å². The van der Waals surface area contributed by atoms with Gasteiger partial charge in [0.05, 0.1) is 16.6 Å². The molecule has 1 N–H and O–H groups in total. The number of thioether (sulfide) groups is 1. The van der Waals surface area contributed by atoms with Crippen LogP contribution in [0.1, 0.15) is 34.8 Å². The van der Waals surface area contributed by atoms with Crippen LogP contribution in [0.2, 0.25) is 0 Å². The SMILES string of the molecule is Cc1cc(C)cc(-n2c(SC(C(=O)NC3CC3)c3ccccc3)nc3ccccc3c2=O)c1. The predicted molar refractivity (Wildman–Crippen MR) is 133 cm³/mol. The van der Waals surface area contributed by atoms with Crippen LogP contribution in [0, 0.1) is 13.8 Å². The third kappa shape index (κ3) is 4.57. The lowest BCUT2D eigenvalue weighted by Crippen LogP contribution is -2.30. The lowest BCUT2D eigenvalue weighted by atomic mass is 10.1. The first kappa shape index (κ1) is 21.5. The van der Waals surface area contributed by atoms with Crippen LogP contribution in [0.15, 0.2) is 82.7 Å². The van der Waals surface area contributed by atoms with Crippen LogP contribution in [-0.2, 0) is 4.79 Å². The number of aromatic nitrogens is 2. The molecule has 6 heteroatoms. The molecule has 1 heterocycles. The Labute approximate surface area is 196 Å². The van der Waals surface area contributed by atoms with Crippen molar-refractivity contribution in [2.45, 2.75) is 43.1 Å². The van der Waals surface area contributed by atoms with E-state index in [4.69, 9.17) is 4.98 Å². The Hall–Kier alpha value is -3.38. The zero-order valence-electron chi connectivity index (χ0n) is 18.6. The van der Waals surface area contributed by atoms with Crippen LogP contribution < -0.4 is 10.9 Å². The van der Waals surface area contributed by atoms with E-state index in [1.54, 1.807) is 10.6 Å². The van der Waals surface area contributed by atoms with Crippen LogP contribution in [-0.4, -0.2) is 21.5 Å². The van der Waals surface area contributed by atoms with E-state index in [0.29, 0.717) is 16.1 Å². The van der Waals surface area contributed by atoms with Gasteiger partial charge in [-0.1, -0.05) is 60.3 Å². The number of para-hydroxylation sites is 1. The molecule has 1 aromatic heterocycles. The van der Waals surface area contributed by atoms with Gasteiger partial charge >= 0.3 is 0 Å². The van der Waals surface area contributed by atoms with Crippen LogP contribution in [0.4, 0.5) is 0 Å². The largest absolute Gasteiger partial charge is 0.352 e. The maximum absolute atomic E-state index is 13.7. The molecule has 166 valence electrons. The maximum atomic E-state index is 13.7. The van der Waals surface area contributed by atoms with Crippen molar-refractivity contribution >= 4 is 28.6 Å². The van der Waals surface area contributed by atoms with Crippen molar-refractivity contribution in [1.29, 1.82) is 0 Å². The fourth-order valence-corrected chi connectivity index (χ4v) is 5.13. The smallest absolute Gasteiger partial charge is 0.266 e. The second-order valence-electron chi connectivity index (χ2n) is 8.59. The molecule has 0 aliphatic heterocycles. The Morgan fingerprint density at radius 1 is 1.00 bits per heavy atom. The average molecular weight is 456 g/mol. The molecular weight excluding hydrogens is 430 g/mol. The summed E-state index contributed by atoms with van der Waals surface area (Å²) in [6.45, 7) is 4.03. The normalized spacial score (nSPS) is 14.2. The highest BCUT2D eigenvalue weighted by atomic mass is 32.2. The van der Waals surface area contributed by atoms with E-state index in [9.17, 15) is 9.59 Å². The molecule has 3 aromatic carbocycles. The van der Waals surface area contributed by atoms with Crippen molar-refractivity contribution in [3.05, 3.63) is 99.8 Å². The quantitative estimate of drug-likeness (QED) is 0.324. The summed E-state index contributed by atoms with van der Waals surface area (Å²) in [5.74, 6) is -0.0527. The molecule has 0 radical (unpaired) electrons. The highest BCUT2D eigenvalue weighted by molar-refractivity contribution is 8.00. The number of fused-ring (bicyclic) bond motifs is 1. The van der Waals surface area contributed by atoms with Crippen LogP contribution in [0.25, 0.3) is 16.6 Å². The number of benzene rings is 3. The first-order valence-electron chi connectivity index (χ1n) is 11.1. The molecule has 1 amide bonds. The Morgan fingerprint density at radius 2 is 1.67 bits per heavy atom. The Bertz CT molecular complexity index is 1370. The van der Waals surface area contributed by atoms with Gasteiger partial charge in [-0.05, 0) is 67.6 Å². The molecule has 1 aliphatic rings. The van der Waals surface area contributed by atoms with Crippen molar-refractivity contribution in [3.8, 4) is 5.69 Å². The number of nitrogens with one attached hydrogen (secondary N) is 1. The molecule has 5 nitrogen and oxygen atoms in total. The van der Waals surface area contributed by atoms with Gasteiger partial charge in [-0.25, -0.2) is 4.98 Å². The molecule has 1 fully saturated rings. The first-order valence-corrected chi connectivity index (χ1v) is 12.0. The third-order valence-electron chi connectivity index (χ3n) is 5.70. The van der Waals surface area contributed by atoms with E-state index < -0.39 is 5.25 Å². The zero-order valence-corrected chi connectivity index (χ0v) is 19.4. The van der Waals surface area contributed by atoms with Crippen LogP contribution in [0.5, 0.6) is 0 Å². The van der Waals surface area contributed by atoms with E-state index in [-0.39, 0.29) is 17.5 Å². The van der Waals surface area contributed by atoms with Gasteiger partial charge in [-0.3, -0.25) is 14.2 Å². The Kier molecular flexibility index (Phi) is 5.77. The van der Waals surface area contributed by atoms with E-state index in [1.807, 2.05) is 74.5 Å². The number of nitrogens with zero attached hydrogens (tertiary/aromatic N) is 2. The lowest BCUT2D eigenvalue weighted by molar-refractivity contribution is -0.120. The number of amides is 1. The van der Waals surface area contributed by atoms with Gasteiger partial charge in [0.25, 0.3) is 5.56 Å². The van der Waals surface area contributed by atoms with Gasteiger partial charge < -0.3 is 5.32 Å². The highest BCUT2D eigenvalue weighted by Gasteiger charge is 2.30. The fourth-order valence-electron chi connectivity index (χ4n) is 4.01. The molecule has 4 aromatic rings. The topological polar surface area (TPSA) is 64.0 Å². The Balaban J connectivity index is 1.68. The number of carbonyl (C=O) groups is 1. The standard InChI is InChI=1S/C27H25N3O2S/c1-17-14-18(2)16-21(15-17)30-26(32)22-10-6-7-11-23(22)29-27(30)33-24(19-8-4-3-5-9-19)25(31)28-20-12-13-20/h3-11,14-16,20,24H,12-13H2,1-2H3,(H,28,31). The van der Waals surface area contributed by atoms with Gasteiger partial charge in [-0.15, -0.1) is 0 Å². The number of carbonyl (C=O) groups excluding carboxylic acids is 1. The van der Waals surface area contributed by atoms with Crippen molar-refractivity contribution in [3.63, 3.8) is 0 Å². The van der Waals surface area contributed by atoms with Crippen LogP contribution in [0.3, 0.4) is 0 Å². The van der Waals surface area contributed by atoms with Gasteiger partial charge in [0.1, 0.15) is 5.25 Å². The van der Waals surface area contributed by atoms with Crippen LogP contribution >= 0.6 is 11.8 Å². The highest BCUT2D eigenvalue weighted by Crippen LogP contribution is 2.36. The summed E-state index contributed by atoms with van der Waals surface area (Å²) in [6.07, 6.45) is 2.03. The number of rotatable bonds is 6. The third-order valence-corrected chi connectivity index (χ3v) is 6.90. The summed E-state index contributed by atoms with van der Waals surface area (Å²) in [4.78, 5) is 31.8. The second kappa shape index (κ2) is 8.87. The number of aryl methyl sites for hydroxylation is 2. The second-order valence-corrected chi connectivity index (χ2v) is 9.66. The number of hydrogen-bond donors (Lipinski definition) is 1. The van der Waals surface area contributed by atoms with Crippen molar-refractivity contribution in [1.82, 2.24) is 14.9 Å². The zero-order chi connectivity index (χ0) is 22.9.